The molecule has 0 radical (unpaired) electrons. The Morgan fingerprint density at radius 1 is 0.703 bits per heavy atom. The van der Waals surface area contributed by atoms with Gasteiger partial charge in [0.1, 0.15) is 17.5 Å². The van der Waals surface area contributed by atoms with E-state index in [1.807, 2.05) is 29.6 Å². The maximum atomic E-state index is 13.9. The van der Waals surface area contributed by atoms with Crippen LogP contribution in [0, 0.1) is 35.2 Å². The quantitative estimate of drug-likeness (QED) is 0.137. The van der Waals surface area contributed by atoms with Gasteiger partial charge in [0.05, 0.1) is 23.9 Å². The van der Waals surface area contributed by atoms with Crippen LogP contribution in [0.1, 0.15) is 77.1 Å². The Balaban J connectivity index is 0.000000128. The summed E-state index contributed by atoms with van der Waals surface area (Å²) in [5, 5.41) is 3.92. The summed E-state index contributed by atoms with van der Waals surface area (Å²) in [7, 11) is 7.36. The van der Waals surface area contributed by atoms with Crippen molar-refractivity contribution < 1.29 is 36.6 Å². The number of nitrogens with zero attached hydrogens (tertiary/aromatic N) is 2. The molecule has 18 heteroatoms. The topological polar surface area (TPSA) is 118 Å². The summed E-state index contributed by atoms with van der Waals surface area (Å²) in [4.78, 5) is 46.3. The van der Waals surface area contributed by atoms with Gasteiger partial charge in [0, 0.05) is 44.9 Å². The number of nitrogens with two attached hydrogens (primary N) is 1. The fourth-order valence-electron chi connectivity index (χ4n) is 10.3. The number of carbonyl (C=O) groups excluding carboxylic acids is 4. The predicted molar refractivity (Wildman–Crippen MR) is 253 cm³/mol. The normalized spacial score (nSPS) is 24.4. The van der Waals surface area contributed by atoms with Crippen molar-refractivity contribution in [1.82, 2.24) is 9.80 Å². The largest absolute Gasteiger partial charge is 0.373 e. The molecular weight excluding hydrogens is 966 g/mol. The molecule has 2 aliphatic carbocycles. The molecule has 2 saturated carbocycles. The van der Waals surface area contributed by atoms with Crippen LogP contribution in [-0.4, -0.2) is 74.5 Å². The summed E-state index contributed by atoms with van der Waals surface area (Å²) < 4.78 is 50.8. The van der Waals surface area contributed by atoms with Crippen LogP contribution in [0.2, 0.25) is 0 Å². The first kappa shape index (κ1) is 48.9. The van der Waals surface area contributed by atoms with Crippen molar-refractivity contribution in [3.05, 3.63) is 105 Å². The SMILES string of the molecule is Fc1cccc2ccsc12.NC1C2CCN(CC2)C12CC2.O=C(CC1C2CCN(CC2)C12CC2)c1cc2cccc(F)c2s1.O=C(Cl)c1cc2cccc(F)c2s1.O=C=O.O=S(Cl)Cl. The molecule has 8 nitrogen and oxygen atoms in total. The minimum absolute atomic E-state index is 0.118. The Kier molecular flexibility index (Phi) is 16.2. The highest BCUT2D eigenvalue weighted by atomic mass is 36.0. The van der Waals surface area contributed by atoms with E-state index >= 15 is 0 Å². The number of hydrogen-bond donors (Lipinski definition) is 1. The van der Waals surface area contributed by atoms with Gasteiger partial charge < -0.3 is 5.73 Å². The molecule has 6 aromatic rings. The zero-order chi connectivity index (χ0) is 45.8. The van der Waals surface area contributed by atoms with Crippen molar-refractivity contribution in [1.29, 1.82) is 0 Å². The molecule has 3 aromatic carbocycles. The lowest BCUT2D eigenvalue weighted by molar-refractivity contribution is -0.191. The molecule has 2 spiro atoms. The van der Waals surface area contributed by atoms with Crippen LogP contribution < -0.4 is 5.73 Å². The maximum Gasteiger partial charge on any atom is 0.373 e. The number of fused-ring (bicyclic) bond motifs is 7. The predicted octanol–water partition coefficient (Wildman–Crippen LogP) is 12.0. The lowest BCUT2D eigenvalue weighted by Gasteiger charge is -2.52. The van der Waals surface area contributed by atoms with Gasteiger partial charge in [-0.1, -0.05) is 36.4 Å². The zero-order valence-corrected chi connectivity index (χ0v) is 40.0. The molecule has 4 bridgehead atoms. The molecule has 2 unspecified atom stereocenters. The summed E-state index contributed by atoms with van der Waals surface area (Å²) in [6, 6.07) is 20.8. The van der Waals surface area contributed by atoms with Gasteiger partial charge in [-0.05, 0) is 165 Å². The average molecular weight is 1010 g/mol. The number of carbonyl (C=O) groups is 2. The number of Topliss-reactive ketones (excluding diaryl/α,β-unsaturated/α-hetero) is 1. The van der Waals surface area contributed by atoms with Crippen LogP contribution in [0.5, 0.6) is 0 Å². The van der Waals surface area contributed by atoms with E-state index in [2.05, 4.69) is 31.2 Å². The summed E-state index contributed by atoms with van der Waals surface area (Å²) in [5.41, 5.74) is 7.08. The molecule has 340 valence electrons. The third kappa shape index (κ3) is 10.9. The minimum Gasteiger partial charge on any atom is -0.326 e. The molecule has 0 amide bonds. The van der Waals surface area contributed by atoms with E-state index in [0.717, 1.165) is 43.5 Å². The van der Waals surface area contributed by atoms with Gasteiger partial charge in [-0.2, -0.15) is 9.59 Å². The molecule has 8 aliphatic rings. The zero-order valence-electron chi connectivity index (χ0n) is 34.4. The Labute approximate surface area is 397 Å². The minimum atomic E-state index is -1.67. The molecule has 3 aromatic heterocycles. The third-order valence-electron chi connectivity index (χ3n) is 13.5. The number of ketones is 1. The Hall–Kier alpha value is -3.05. The number of thiophene rings is 3. The molecule has 6 saturated heterocycles. The van der Waals surface area contributed by atoms with E-state index in [1.54, 1.807) is 30.3 Å². The first-order valence-electron chi connectivity index (χ1n) is 20.9. The van der Waals surface area contributed by atoms with Crippen molar-refractivity contribution in [3.63, 3.8) is 0 Å². The van der Waals surface area contributed by atoms with E-state index in [-0.39, 0.29) is 29.4 Å². The van der Waals surface area contributed by atoms with Crippen molar-refractivity contribution in [2.24, 2.45) is 23.5 Å². The van der Waals surface area contributed by atoms with Gasteiger partial charge >= 0.3 is 6.15 Å². The van der Waals surface area contributed by atoms with Crippen molar-refractivity contribution in [2.45, 2.75) is 74.9 Å². The maximum absolute atomic E-state index is 13.9. The molecule has 14 rings (SSSR count). The van der Waals surface area contributed by atoms with Crippen molar-refractivity contribution in [2.75, 3.05) is 26.2 Å². The summed E-state index contributed by atoms with van der Waals surface area (Å²) >= 11 is 9.11. The average Bonchev–Trinajstić information content (AvgIpc) is 4.03. The van der Waals surface area contributed by atoms with Gasteiger partial charge in [0.2, 0.25) is 9.23 Å². The van der Waals surface area contributed by atoms with Crippen LogP contribution in [0.15, 0.2) is 78.2 Å². The highest BCUT2D eigenvalue weighted by molar-refractivity contribution is 8.26. The van der Waals surface area contributed by atoms with Gasteiger partial charge in [-0.3, -0.25) is 19.4 Å². The number of benzene rings is 3. The van der Waals surface area contributed by atoms with Crippen LogP contribution in [0.4, 0.5) is 13.2 Å². The third-order valence-corrected chi connectivity index (χ3v) is 17.2. The molecular formula is C46H45Cl3F3N3O5S4. The molecule has 6 aliphatic heterocycles. The van der Waals surface area contributed by atoms with Crippen LogP contribution in [-0.2, 0) is 18.8 Å². The van der Waals surface area contributed by atoms with Crippen molar-refractivity contribution >= 4 is 124 Å². The van der Waals surface area contributed by atoms with Crippen molar-refractivity contribution in [3.8, 4) is 0 Å². The highest BCUT2D eigenvalue weighted by Gasteiger charge is 2.60. The van der Waals surface area contributed by atoms with Crippen LogP contribution >= 0.6 is 67.0 Å². The Morgan fingerprint density at radius 3 is 1.58 bits per heavy atom. The fourth-order valence-corrected chi connectivity index (χ4v) is 13.2. The van der Waals surface area contributed by atoms with E-state index < -0.39 is 14.5 Å². The lowest BCUT2D eigenvalue weighted by Crippen LogP contribution is -2.63. The number of halogens is 6. The molecule has 8 fully saturated rings. The van der Waals surface area contributed by atoms with Gasteiger partial charge in [0.25, 0.3) is 5.24 Å². The monoisotopic (exact) mass is 1010 g/mol. The van der Waals surface area contributed by atoms with Crippen LogP contribution in [0.3, 0.4) is 0 Å². The number of piperidine rings is 6. The summed E-state index contributed by atoms with van der Waals surface area (Å²) in [5.74, 6) is 1.68. The Bertz CT molecular complexity index is 2660. The first-order chi connectivity index (χ1) is 30.7. The van der Waals surface area contributed by atoms with Gasteiger partial charge in [0.15, 0.2) is 5.78 Å². The summed E-state index contributed by atoms with van der Waals surface area (Å²) in [6.45, 7) is 5.11. The highest BCUT2D eigenvalue weighted by Crippen LogP contribution is 2.59. The molecule has 9 heterocycles. The second-order valence-corrected chi connectivity index (χ2v) is 22.7. The fraction of sp³-hybridized carbons (Fsp3) is 0.413. The van der Waals surface area contributed by atoms with E-state index in [0.29, 0.717) is 49.1 Å². The second-order valence-electron chi connectivity index (χ2n) is 16.8. The van der Waals surface area contributed by atoms with Crippen LogP contribution in [0.25, 0.3) is 30.3 Å². The number of hydrogen-bond acceptors (Lipinski definition) is 11. The first-order valence-corrected chi connectivity index (χ1v) is 26.6. The lowest BCUT2D eigenvalue weighted by atomic mass is 9.70. The molecule has 2 atom stereocenters. The van der Waals surface area contributed by atoms with E-state index in [4.69, 9.17) is 31.1 Å². The Morgan fingerprint density at radius 2 is 1.14 bits per heavy atom. The van der Waals surface area contributed by atoms with Gasteiger partial charge in [-0.15, -0.1) is 34.0 Å². The van der Waals surface area contributed by atoms with Gasteiger partial charge in [-0.25, -0.2) is 17.4 Å². The number of rotatable bonds is 4. The smallest absolute Gasteiger partial charge is 0.326 e. The standard InChI is InChI=1S/C19H20FNOS.C9H4ClFOS.C9H16N2.C8H5FS.CO2.Cl2OS/c20-15-3-1-2-13-10-17(23-18(13)15)16(22)11-14-12-4-8-21(9-5-12)19(14)6-7-19;10-9(12)7-4-5-2-1-3-6(11)8(5)13-7;10-8-7-1-5-11(6-2-7)9(8)3-4-9;9-7-3-1-2-6-4-5-10-8(6)7;2-1-3;1-4(2)3/h1-3,10,12,14H,4-9,11H2;1-4H;7-8H,1-6,10H2;1-5H;;. The van der Waals surface area contributed by atoms with E-state index in [1.165, 1.54) is 118 Å². The molecule has 64 heavy (non-hydrogen) atoms. The van der Waals surface area contributed by atoms with E-state index in [9.17, 15) is 22.8 Å². The molecule has 2 N–H and O–H groups in total. The summed E-state index contributed by atoms with van der Waals surface area (Å²) in [6.07, 6.45) is 11.4. The second kappa shape index (κ2) is 21.3.